The van der Waals surface area contributed by atoms with E-state index in [0.717, 1.165) is 63.4 Å². The van der Waals surface area contributed by atoms with Gasteiger partial charge < -0.3 is 35.9 Å². The van der Waals surface area contributed by atoms with E-state index in [1.165, 1.54) is 0 Å². The Morgan fingerprint density at radius 1 is 0.872 bits per heavy atom. The van der Waals surface area contributed by atoms with Crippen LogP contribution in [0.3, 0.4) is 0 Å². The van der Waals surface area contributed by atoms with Gasteiger partial charge in [0.25, 0.3) is 0 Å². The number of nitrogens with one attached hydrogen (secondary N) is 3. The Hall–Kier alpha value is -3.83. The van der Waals surface area contributed by atoms with Gasteiger partial charge >= 0.3 is 6.16 Å². The first-order chi connectivity index (χ1) is 22.6. The van der Waals surface area contributed by atoms with Crippen LogP contribution in [0, 0.1) is 5.92 Å². The van der Waals surface area contributed by atoms with Crippen molar-refractivity contribution in [2.45, 2.75) is 135 Å². The fraction of sp³-hybridized carbons (Fsp3) is 0.686. The van der Waals surface area contributed by atoms with Crippen LogP contribution in [0.5, 0.6) is 5.75 Å². The highest BCUT2D eigenvalue weighted by Gasteiger charge is 2.30. The topological polar surface area (TPSA) is 175 Å². The predicted molar refractivity (Wildman–Crippen MR) is 178 cm³/mol. The lowest BCUT2D eigenvalue weighted by Crippen LogP contribution is -2.56. The highest BCUT2D eigenvalue weighted by molar-refractivity contribution is 5.92. The van der Waals surface area contributed by atoms with E-state index in [0.29, 0.717) is 44.4 Å². The molecular formula is C35H56N4O8. The van der Waals surface area contributed by atoms with Gasteiger partial charge in [-0.3, -0.25) is 19.2 Å². The molecule has 0 radical (unpaired) electrons. The normalized spacial score (nSPS) is 15.0. The Kier molecular flexibility index (Phi) is 19.0. The third-order valence-corrected chi connectivity index (χ3v) is 8.43. The van der Waals surface area contributed by atoms with Gasteiger partial charge in [-0.25, -0.2) is 4.79 Å². The zero-order valence-corrected chi connectivity index (χ0v) is 28.5. The number of hydrogen-bond acceptors (Lipinski definition) is 8. The quantitative estimate of drug-likeness (QED) is 0.0779. The van der Waals surface area contributed by atoms with Crippen molar-refractivity contribution >= 4 is 29.8 Å². The summed E-state index contributed by atoms with van der Waals surface area (Å²) in [6.07, 6.45) is 10.3. The van der Waals surface area contributed by atoms with E-state index in [1.807, 2.05) is 13.8 Å². The third kappa shape index (κ3) is 16.5. The minimum Gasteiger partial charge on any atom is -0.457 e. The number of amides is 4. The molecule has 12 heteroatoms. The second-order valence-electron chi connectivity index (χ2n) is 12.4. The zero-order valence-electron chi connectivity index (χ0n) is 28.5. The number of primary amides is 1. The van der Waals surface area contributed by atoms with E-state index < -0.39 is 24.1 Å². The summed E-state index contributed by atoms with van der Waals surface area (Å²) in [7, 11) is 0. The number of hydrogen-bond donors (Lipinski definition) is 4. The number of unbranched alkanes of at least 4 members (excludes halogenated alkanes) is 4. The number of carbonyl (C=O) groups excluding carboxylic acids is 5. The van der Waals surface area contributed by atoms with Gasteiger partial charge in [0.05, 0.1) is 0 Å². The molecule has 3 unspecified atom stereocenters. The minimum absolute atomic E-state index is 0.103. The number of benzene rings is 1. The van der Waals surface area contributed by atoms with Crippen molar-refractivity contribution < 1.29 is 38.2 Å². The van der Waals surface area contributed by atoms with E-state index >= 15 is 0 Å². The molecule has 0 heterocycles. The van der Waals surface area contributed by atoms with Gasteiger partial charge in [0.2, 0.25) is 30.4 Å². The first kappa shape index (κ1) is 39.3. The summed E-state index contributed by atoms with van der Waals surface area (Å²) in [5.74, 6) is -0.984. The lowest BCUT2D eigenvalue weighted by atomic mass is 9.97. The molecule has 264 valence electrons. The van der Waals surface area contributed by atoms with Crippen LogP contribution in [0.25, 0.3) is 0 Å². The second-order valence-corrected chi connectivity index (χ2v) is 12.4. The van der Waals surface area contributed by atoms with Crippen molar-refractivity contribution in [1.29, 1.82) is 0 Å². The molecule has 1 aromatic rings. The molecule has 0 aliphatic heterocycles. The molecule has 5 N–H and O–H groups in total. The van der Waals surface area contributed by atoms with Crippen LogP contribution in [0.1, 0.15) is 116 Å². The SMILES string of the molecule is CCCCCC(=O)NC(Cc1ccc(OCOC(=O)OC2CCCCC2)cc1)C(=O)NC(C(=O)NCCCCCC(N)=O)C(C)CC. The Bertz CT molecular complexity index is 1110. The maximum absolute atomic E-state index is 13.6. The van der Waals surface area contributed by atoms with Crippen LogP contribution in [0.2, 0.25) is 0 Å². The molecule has 1 saturated carbocycles. The maximum atomic E-state index is 13.6. The van der Waals surface area contributed by atoms with Crippen molar-refractivity contribution in [3.63, 3.8) is 0 Å². The number of ether oxygens (including phenoxy) is 3. The average molecular weight is 661 g/mol. The van der Waals surface area contributed by atoms with Crippen LogP contribution < -0.4 is 26.4 Å². The maximum Gasteiger partial charge on any atom is 0.511 e. The highest BCUT2D eigenvalue weighted by atomic mass is 16.8. The molecule has 0 aromatic heterocycles. The summed E-state index contributed by atoms with van der Waals surface area (Å²) >= 11 is 0. The first-order valence-corrected chi connectivity index (χ1v) is 17.3. The highest BCUT2D eigenvalue weighted by Crippen LogP contribution is 2.21. The first-order valence-electron chi connectivity index (χ1n) is 17.3. The third-order valence-electron chi connectivity index (χ3n) is 8.43. The van der Waals surface area contributed by atoms with E-state index in [2.05, 4.69) is 22.9 Å². The van der Waals surface area contributed by atoms with Crippen LogP contribution in [-0.4, -0.2) is 61.3 Å². The Morgan fingerprint density at radius 2 is 1.57 bits per heavy atom. The molecule has 47 heavy (non-hydrogen) atoms. The van der Waals surface area contributed by atoms with Crippen molar-refractivity contribution in [2.75, 3.05) is 13.3 Å². The molecule has 0 bridgehead atoms. The molecule has 1 aromatic carbocycles. The fourth-order valence-electron chi connectivity index (χ4n) is 5.35. The Morgan fingerprint density at radius 3 is 2.23 bits per heavy atom. The smallest absolute Gasteiger partial charge is 0.457 e. The van der Waals surface area contributed by atoms with Crippen LogP contribution in [0.15, 0.2) is 24.3 Å². The molecule has 0 spiro atoms. The second kappa shape index (κ2) is 22.7. The van der Waals surface area contributed by atoms with Crippen LogP contribution in [0.4, 0.5) is 4.79 Å². The molecule has 2 rings (SSSR count). The summed E-state index contributed by atoms with van der Waals surface area (Å²) in [5.41, 5.74) is 5.95. The van der Waals surface area contributed by atoms with E-state index in [4.69, 9.17) is 19.9 Å². The van der Waals surface area contributed by atoms with E-state index in [9.17, 15) is 24.0 Å². The van der Waals surface area contributed by atoms with Crippen molar-refractivity contribution in [3.8, 4) is 5.75 Å². The molecular weight excluding hydrogens is 604 g/mol. The summed E-state index contributed by atoms with van der Waals surface area (Å²) in [6, 6.07) is 5.26. The van der Waals surface area contributed by atoms with Gasteiger partial charge in [-0.1, -0.05) is 65.0 Å². The van der Waals surface area contributed by atoms with Gasteiger partial charge in [-0.05, 0) is 68.6 Å². The Balaban J connectivity index is 1.99. The molecule has 1 fully saturated rings. The van der Waals surface area contributed by atoms with Crippen LogP contribution >= 0.6 is 0 Å². The van der Waals surface area contributed by atoms with Crippen molar-refractivity contribution in [2.24, 2.45) is 11.7 Å². The summed E-state index contributed by atoms with van der Waals surface area (Å²) in [5, 5.41) is 8.66. The monoisotopic (exact) mass is 660 g/mol. The molecule has 1 aliphatic rings. The number of nitrogens with two attached hydrogens (primary N) is 1. The van der Waals surface area contributed by atoms with Crippen LogP contribution in [-0.2, 0) is 35.1 Å². The number of rotatable bonds is 22. The fourth-order valence-corrected chi connectivity index (χ4v) is 5.35. The lowest BCUT2D eigenvalue weighted by molar-refractivity contribution is -0.133. The zero-order chi connectivity index (χ0) is 34.4. The standard InChI is InChI=1S/C35H56N4O8/c1-4-6-9-17-31(41)38-29(33(42)39-32(25(3)5-2)34(43)37-22-13-8-12-16-30(36)40)23-26-18-20-27(21-19-26)45-24-46-35(44)47-28-14-10-7-11-15-28/h18-21,25,28-29,32H,4-17,22-24H2,1-3H3,(H2,36,40)(H,37,43)(H,38,41)(H,39,42). The lowest BCUT2D eigenvalue weighted by Gasteiger charge is -2.26. The van der Waals surface area contributed by atoms with Crippen molar-refractivity contribution in [1.82, 2.24) is 16.0 Å². The van der Waals surface area contributed by atoms with Gasteiger partial charge in [-0.15, -0.1) is 0 Å². The van der Waals surface area contributed by atoms with E-state index in [-0.39, 0.29) is 43.0 Å². The van der Waals surface area contributed by atoms with E-state index in [1.54, 1.807) is 24.3 Å². The molecule has 4 amide bonds. The molecule has 0 saturated heterocycles. The van der Waals surface area contributed by atoms with Crippen molar-refractivity contribution in [3.05, 3.63) is 29.8 Å². The van der Waals surface area contributed by atoms with Gasteiger partial charge in [-0.2, -0.15) is 0 Å². The molecule has 3 atom stereocenters. The van der Waals surface area contributed by atoms with Gasteiger partial charge in [0.1, 0.15) is 23.9 Å². The number of carbonyl (C=O) groups is 5. The summed E-state index contributed by atoms with van der Waals surface area (Å²) in [4.78, 5) is 62.4. The van der Waals surface area contributed by atoms with Gasteiger partial charge in [0, 0.05) is 25.8 Å². The predicted octanol–water partition coefficient (Wildman–Crippen LogP) is 4.81. The summed E-state index contributed by atoms with van der Waals surface area (Å²) in [6.45, 7) is 6.02. The Labute approximate surface area is 279 Å². The molecule has 12 nitrogen and oxygen atoms in total. The average Bonchev–Trinajstić information content (AvgIpc) is 3.05. The molecule has 1 aliphatic carbocycles. The summed E-state index contributed by atoms with van der Waals surface area (Å²) < 4.78 is 15.9. The minimum atomic E-state index is -0.901. The van der Waals surface area contributed by atoms with Gasteiger partial charge in [0.15, 0.2) is 0 Å². The largest absolute Gasteiger partial charge is 0.511 e.